The lowest BCUT2D eigenvalue weighted by atomic mass is 9.94. The summed E-state index contributed by atoms with van der Waals surface area (Å²) >= 11 is 0. The molecule has 3 heterocycles. The summed E-state index contributed by atoms with van der Waals surface area (Å²) < 4.78 is 0. The molecular formula is C22H24N6O. The Balaban J connectivity index is 1.57. The van der Waals surface area contributed by atoms with Crippen LogP contribution in [0.5, 0.6) is 0 Å². The molecule has 7 heteroatoms. The Kier molecular flexibility index (Phi) is 5.46. The number of nitrogens with zero attached hydrogens (tertiary/aromatic N) is 5. The van der Waals surface area contributed by atoms with Crippen LogP contribution in [0.4, 0.5) is 11.6 Å². The standard InChI is InChI=1S/C22H24N6O/c1-15-5-8-19(28(14-15)22-25-11-4-12-26-22)21(29)27-17-7-6-16(2)18(13-17)20-23-9-3-10-24-20/h3-4,6-7,9-13,15,19H,5,8,14H2,1-2H3,(H,27,29)/t15-,19?/m0/s1. The Bertz CT molecular complexity index is 979. The third-order valence-corrected chi connectivity index (χ3v) is 5.24. The quantitative estimate of drug-likeness (QED) is 0.737. The summed E-state index contributed by atoms with van der Waals surface area (Å²) in [5.74, 6) is 1.69. The van der Waals surface area contributed by atoms with Gasteiger partial charge in [-0.1, -0.05) is 13.0 Å². The number of amides is 1. The second-order valence-corrected chi connectivity index (χ2v) is 7.49. The fourth-order valence-corrected chi connectivity index (χ4v) is 3.69. The Hall–Kier alpha value is -3.35. The monoisotopic (exact) mass is 388 g/mol. The van der Waals surface area contributed by atoms with E-state index in [4.69, 9.17) is 0 Å². The van der Waals surface area contributed by atoms with Crippen LogP contribution in [0, 0.1) is 12.8 Å². The number of hydrogen-bond donors (Lipinski definition) is 1. The molecule has 1 fully saturated rings. The van der Waals surface area contributed by atoms with Crippen LogP contribution in [0.15, 0.2) is 55.1 Å². The maximum absolute atomic E-state index is 13.2. The number of piperidine rings is 1. The Morgan fingerprint density at radius 1 is 1.03 bits per heavy atom. The van der Waals surface area contributed by atoms with E-state index in [1.54, 1.807) is 36.9 Å². The van der Waals surface area contributed by atoms with Gasteiger partial charge in [0.25, 0.3) is 0 Å². The highest BCUT2D eigenvalue weighted by Gasteiger charge is 2.33. The highest BCUT2D eigenvalue weighted by Crippen LogP contribution is 2.27. The zero-order chi connectivity index (χ0) is 20.2. The minimum absolute atomic E-state index is 0.0480. The molecule has 1 aliphatic rings. The normalized spacial score (nSPS) is 19.0. The van der Waals surface area contributed by atoms with Crippen LogP contribution >= 0.6 is 0 Å². The van der Waals surface area contributed by atoms with Crippen molar-refractivity contribution >= 4 is 17.5 Å². The van der Waals surface area contributed by atoms with Gasteiger partial charge in [-0.25, -0.2) is 19.9 Å². The van der Waals surface area contributed by atoms with Gasteiger partial charge in [0, 0.05) is 42.6 Å². The van der Waals surface area contributed by atoms with Gasteiger partial charge in [-0.2, -0.15) is 0 Å². The van der Waals surface area contributed by atoms with E-state index in [-0.39, 0.29) is 11.9 Å². The van der Waals surface area contributed by atoms with Gasteiger partial charge >= 0.3 is 0 Å². The van der Waals surface area contributed by atoms with E-state index < -0.39 is 0 Å². The Labute approximate surface area is 170 Å². The molecule has 0 aliphatic carbocycles. The maximum Gasteiger partial charge on any atom is 0.247 e. The molecule has 1 aliphatic heterocycles. The molecule has 4 rings (SSSR count). The Morgan fingerprint density at radius 3 is 2.45 bits per heavy atom. The van der Waals surface area contributed by atoms with E-state index in [1.165, 1.54) is 0 Å². The first-order chi connectivity index (χ1) is 14.1. The number of carbonyl (C=O) groups is 1. The summed E-state index contributed by atoms with van der Waals surface area (Å²) in [5.41, 5.74) is 2.69. The van der Waals surface area contributed by atoms with E-state index in [1.807, 2.05) is 30.0 Å². The maximum atomic E-state index is 13.2. The van der Waals surface area contributed by atoms with Crippen molar-refractivity contribution in [2.24, 2.45) is 5.92 Å². The van der Waals surface area contributed by atoms with Crippen LogP contribution in [0.25, 0.3) is 11.4 Å². The molecule has 1 unspecified atom stereocenters. The van der Waals surface area contributed by atoms with Crippen LogP contribution in [0.2, 0.25) is 0 Å². The van der Waals surface area contributed by atoms with Crippen molar-refractivity contribution in [1.82, 2.24) is 19.9 Å². The summed E-state index contributed by atoms with van der Waals surface area (Å²) in [6, 6.07) is 9.08. The molecule has 0 saturated carbocycles. The van der Waals surface area contributed by atoms with Crippen LogP contribution < -0.4 is 10.2 Å². The number of carbonyl (C=O) groups excluding carboxylic acids is 1. The van der Waals surface area contributed by atoms with Gasteiger partial charge in [0.15, 0.2) is 5.82 Å². The summed E-state index contributed by atoms with van der Waals surface area (Å²) in [6.07, 6.45) is 8.62. The van der Waals surface area contributed by atoms with Crippen LogP contribution in [-0.4, -0.2) is 38.4 Å². The van der Waals surface area contributed by atoms with E-state index in [0.717, 1.165) is 36.2 Å². The van der Waals surface area contributed by atoms with Gasteiger partial charge < -0.3 is 10.2 Å². The van der Waals surface area contributed by atoms with Crippen LogP contribution in [-0.2, 0) is 4.79 Å². The molecule has 2 aromatic heterocycles. The van der Waals surface area contributed by atoms with Gasteiger partial charge in [0.2, 0.25) is 11.9 Å². The highest BCUT2D eigenvalue weighted by atomic mass is 16.2. The molecule has 0 radical (unpaired) electrons. The average Bonchev–Trinajstić information content (AvgIpc) is 2.76. The third-order valence-electron chi connectivity index (χ3n) is 5.24. The second-order valence-electron chi connectivity index (χ2n) is 7.49. The first-order valence-corrected chi connectivity index (χ1v) is 9.84. The zero-order valence-corrected chi connectivity index (χ0v) is 16.6. The molecule has 0 spiro atoms. The Morgan fingerprint density at radius 2 is 1.72 bits per heavy atom. The van der Waals surface area contributed by atoms with Crippen LogP contribution in [0.1, 0.15) is 25.3 Å². The number of anilines is 2. The largest absolute Gasteiger partial charge is 0.329 e. The van der Waals surface area contributed by atoms with Crippen molar-refractivity contribution in [3.05, 3.63) is 60.7 Å². The summed E-state index contributed by atoms with van der Waals surface area (Å²) in [6.45, 7) is 4.96. The summed E-state index contributed by atoms with van der Waals surface area (Å²) in [4.78, 5) is 32.5. The topological polar surface area (TPSA) is 83.9 Å². The molecule has 3 aromatic rings. The van der Waals surface area contributed by atoms with E-state index in [2.05, 4.69) is 32.2 Å². The summed E-state index contributed by atoms with van der Waals surface area (Å²) in [7, 11) is 0. The molecule has 1 amide bonds. The molecule has 148 valence electrons. The number of aryl methyl sites for hydroxylation is 1. The molecule has 0 bridgehead atoms. The van der Waals surface area contributed by atoms with Gasteiger partial charge in [0.1, 0.15) is 6.04 Å². The predicted molar refractivity (Wildman–Crippen MR) is 112 cm³/mol. The molecule has 29 heavy (non-hydrogen) atoms. The molecule has 1 N–H and O–H groups in total. The lowest BCUT2D eigenvalue weighted by Crippen LogP contribution is -2.50. The smallest absolute Gasteiger partial charge is 0.247 e. The van der Waals surface area contributed by atoms with Gasteiger partial charge in [-0.15, -0.1) is 0 Å². The first kappa shape index (κ1) is 19.0. The van der Waals surface area contributed by atoms with Crippen molar-refractivity contribution in [1.29, 1.82) is 0 Å². The molecule has 7 nitrogen and oxygen atoms in total. The van der Waals surface area contributed by atoms with Gasteiger partial charge in [-0.3, -0.25) is 4.79 Å². The van der Waals surface area contributed by atoms with Gasteiger partial charge in [0.05, 0.1) is 0 Å². The molecular weight excluding hydrogens is 364 g/mol. The van der Waals surface area contributed by atoms with Gasteiger partial charge in [-0.05, 0) is 55.5 Å². The van der Waals surface area contributed by atoms with Crippen molar-refractivity contribution in [3.63, 3.8) is 0 Å². The molecule has 1 aromatic carbocycles. The number of rotatable bonds is 4. The van der Waals surface area contributed by atoms with Crippen LogP contribution in [0.3, 0.4) is 0 Å². The van der Waals surface area contributed by atoms with Crippen molar-refractivity contribution in [2.75, 3.05) is 16.8 Å². The average molecular weight is 388 g/mol. The predicted octanol–water partition coefficient (Wildman–Crippen LogP) is 3.49. The summed E-state index contributed by atoms with van der Waals surface area (Å²) in [5, 5.41) is 3.07. The fraction of sp³-hybridized carbons (Fsp3) is 0.318. The zero-order valence-electron chi connectivity index (χ0n) is 16.6. The van der Waals surface area contributed by atoms with Crippen molar-refractivity contribution in [3.8, 4) is 11.4 Å². The molecule has 1 saturated heterocycles. The van der Waals surface area contributed by atoms with E-state index >= 15 is 0 Å². The van der Waals surface area contributed by atoms with E-state index in [0.29, 0.717) is 17.7 Å². The fourth-order valence-electron chi connectivity index (χ4n) is 3.69. The lowest BCUT2D eigenvalue weighted by Gasteiger charge is -2.37. The SMILES string of the molecule is Cc1ccc(NC(=O)C2CC[C@H](C)CN2c2ncccn2)cc1-c1ncccn1. The van der Waals surface area contributed by atoms with E-state index in [9.17, 15) is 4.79 Å². The number of benzene rings is 1. The highest BCUT2D eigenvalue weighted by molar-refractivity contribution is 5.97. The van der Waals surface area contributed by atoms with Crippen molar-refractivity contribution < 1.29 is 4.79 Å². The van der Waals surface area contributed by atoms with Crippen molar-refractivity contribution in [2.45, 2.75) is 32.7 Å². The number of hydrogen-bond acceptors (Lipinski definition) is 6. The first-order valence-electron chi connectivity index (χ1n) is 9.84. The molecule has 2 atom stereocenters. The minimum atomic E-state index is -0.300. The second kappa shape index (κ2) is 8.34. The lowest BCUT2D eigenvalue weighted by molar-refractivity contribution is -0.118. The number of aromatic nitrogens is 4. The number of nitrogens with one attached hydrogen (secondary N) is 1. The third kappa shape index (κ3) is 4.23. The minimum Gasteiger partial charge on any atom is -0.329 e.